The van der Waals surface area contributed by atoms with Crippen LogP contribution in [0.2, 0.25) is 0 Å². The highest BCUT2D eigenvalue weighted by atomic mass is 127. The summed E-state index contributed by atoms with van der Waals surface area (Å²) in [4.78, 5) is 21.8. The van der Waals surface area contributed by atoms with Crippen molar-refractivity contribution in [2.45, 2.75) is 26.3 Å². The SMILES string of the molecule is CC(C)n1cnc2c(NCCc3c[nH]c4ccc(I)cc34)nc(-c3cccnc3)nc21. The zero-order valence-electron chi connectivity index (χ0n) is 17.3. The van der Waals surface area contributed by atoms with Gasteiger partial charge in [-0.05, 0) is 78.8 Å². The molecule has 4 aromatic heterocycles. The minimum atomic E-state index is 0.253. The van der Waals surface area contributed by atoms with E-state index in [2.05, 4.69) is 85.7 Å². The van der Waals surface area contributed by atoms with Crippen LogP contribution in [-0.2, 0) is 6.42 Å². The molecule has 0 radical (unpaired) electrons. The van der Waals surface area contributed by atoms with Crippen LogP contribution in [0.15, 0.2) is 55.2 Å². The highest BCUT2D eigenvalue weighted by Gasteiger charge is 2.16. The lowest BCUT2D eigenvalue weighted by atomic mass is 10.1. The number of pyridine rings is 1. The molecule has 5 aromatic rings. The van der Waals surface area contributed by atoms with Crippen molar-refractivity contribution in [1.29, 1.82) is 0 Å². The number of hydrogen-bond donors (Lipinski definition) is 2. The average molecular weight is 523 g/mol. The number of H-pyrrole nitrogens is 1. The number of aromatic nitrogens is 6. The first-order chi connectivity index (χ1) is 15.1. The van der Waals surface area contributed by atoms with E-state index in [9.17, 15) is 0 Å². The molecular weight excluding hydrogens is 501 g/mol. The molecule has 4 heterocycles. The summed E-state index contributed by atoms with van der Waals surface area (Å²) < 4.78 is 3.31. The van der Waals surface area contributed by atoms with Crippen LogP contribution < -0.4 is 5.32 Å². The Morgan fingerprint density at radius 1 is 1.19 bits per heavy atom. The topological polar surface area (TPSA) is 84.3 Å². The summed E-state index contributed by atoms with van der Waals surface area (Å²) in [6.45, 7) is 4.99. The van der Waals surface area contributed by atoms with Crippen LogP contribution in [-0.4, -0.2) is 36.0 Å². The number of aromatic amines is 1. The van der Waals surface area contributed by atoms with Gasteiger partial charge in [0.15, 0.2) is 17.3 Å². The fourth-order valence-electron chi connectivity index (χ4n) is 3.71. The molecule has 0 aliphatic rings. The first kappa shape index (κ1) is 19.9. The van der Waals surface area contributed by atoms with E-state index in [-0.39, 0.29) is 6.04 Å². The summed E-state index contributed by atoms with van der Waals surface area (Å²) >= 11 is 2.35. The minimum Gasteiger partial charge on any atom is -0.368 e. The lowest BCUT2D eigenvalue weighted by molar-refractivity contribution is 0.613. The molecule has 0 atom stereocenters. The Morgan fingerprint density at radius 3 is 2.90 bits per heavy atom. The molecule has 0 aliphatic heterocycles. The molecule has 0 saturated heterocycles. The molecule has 0 unspecified atom stereocenters. The number of rotatable bonds is 6. The summed E-state index contributed by atoms with van der Waals surface area (Å²) in [6, 6.07) is 10.6. The first-order valence-electron chi connectivity index (χ1n) is 10.2. The molecule has 0 saturated carbocycles. The zero-order chi connectivity index (χ0) is 21.4. The Bertz CT molecular complexity index is 1350. The van der Waals surface area contributed by atoms with Crippen molar-refractivity contribution >= 4 is 50.5 Å². The van der Waals surface area contributed by atoms with Crippen molar-refractivity contribution in [2.75, 3.05) is 11.9 Å². The normalized spacial score (nSPS) is 11.6. The van der Waals surface area contributed by atoms with Gasteiger partial charge in [0.25, 0.3) is 0 Å². The Balaban J connectivity index is 1.47. The largest absolute Gasteiger partial charge is 0.368 e. The quantitative estimate of drug-likeness (QED) is 0.299. The van der Waals surface area contributed by atoms with Crippen molar-refractivity contribution in [3.05, 3.63) is 64.4 Å². The smallest absolute Gasteiger partial charge is 0.166 e. The van der Waals surface area contributed by atoms with E-state index in [1.54, 1.807) is 12.4 Å². The second-order valence-corrected chi connectivity index (χ2v) is 8.98. The van der Waals surface area contributed by atoms with Gasteiger partial charge >= 0.3 is 0 Å². The van der Waals surface area contributed by atoms with Crippen LogP contribution in [0.3, 0.4) is 0 Å². The van der Waals surface area contributed by atoms with Gasteiger partial charge in [0.1, 0.15) is 5.52 Å². The minimum absolute atomic E-state index is 0.253. The number of fused-ring (bicyclic) bond motifs is 2. The van der Waals surface area contributed by atoms with Crippen molar-refractivity contribution in [3.8, 4) is 11.4 Å². The summed E-state index contributed by atoms with van der Waals surface area (Å²) in [5.74, 6) is 1.39. The van der Waals surface area contributed by atoms with Gasteiger partial charge in [-0.1, -0.05) is 0 Å². The molecule has 0 amide bonds. The molecule has 0 aliphatic carbocycles. The van der Waals surface area contributed by atoms with Crippen molar-refractivity contribution in [3.63, 3.8) is 0 Å². The van der Waals surface area contributed by atoms with E-state index in [0.29, 0.717) is 5.82 Å². The monoisotopic (exact) mass is 523 g/mol. The van der Waals surface area contributed by atoms with Gasteiger partial charge in [-0.15, -0.1) is 0 Å². The lowest BCUT2D eigenvalue weighted by Gasteiger charge is -2.11. The molecule has 2 N–H and O–H groups in total. The van der Waals surface area contributed by atoms with Crippen LogP contribution in [0.4, 0.5) is 5.82 Å². The van der Waals surface area contributed by atoms with Gasteiger partial charge in [-0.25, -0.2) is 15.0 Å². The maximum atomic E-state index is 4.80. The van der Waals surface area contributed by atoms with Crippen LogP contribution in [0.25, 0.3) is 33.5 Å². The third-order valence-electron chi connectivity index (χ3n) is 5.31. The number of benzene rings is 1. The Kier molecular flexibility index (Phi) is 5.31. The number of anilines is 1. The maximum absolute atomic E-state index is 4.80. The fourth-order valence-corrected chi connectivity index (χ4v) is 4.21. The standard InChI is InChI=1S/C23H22IN7/c1-14(2)31-13-28-20-22(29-21(30-23(20)31)16-4-3-8-25-11-16)26-9-7-15-12-27-19-6-5-17(24)10-18(15)19/h3-6,8,10-14,27H,7,9H2,1-2H3,(H,26,29,30). The Hall–Kier alpha value is -3.01. The van der Waals surface area contributed by atoms with Gasteiger partial charge in [-0.3, -0.25) is 4.98 Å². The van der Waals surface area contributed by atoms with E-state index < -0.39 is 0 Å². The van der Waals surface area contributed by atoms with Gasteiger partial charge in [-0.2, -0.15) is 0 Å². The molecular formula is C23H22IN7. The first-order valence-corrected chi connectivity index (χ1v) is 11.3. The predicted molar refractivity (Wildman–Crippen MR) is 132 cm³/mol. The van der Waals surface area contributed by atoms with Gasteiger partial charge in [0, 0.05) is 51.2 Å². The van der Waals surface area contributed by atoms with E-state index >= 15 is 0 Å². The molecule has 31 heavy (non-hydrogen) atoms. The van der Waals surface area contributed by atoms with Gasteiger partial charge in [0.2, 0.25) is 0 Å². The van der Waals surface area contributed by atoms with Gasteiger partial charge < -0.3 is 14.9 Å². The summed E-state index contributed by atoms with van der Waals surface area (Å²) in [6.07, 6.45) is 8.34. The van der Waals surface area contributed by atoms with E-state index in [4.69, 9.17) is 9.97 Å². The van der Waals surface area contributed by atoms with Crippen molar-refractivity contribution < 1.29 is 0 Å². The highest BCUT2D eigenvalue weighted by Crippen LogP contribution is 2.26. The highest BCUT2D eigenvalue weighted by molar-refractivity contribution is 14.1. The lowest BCUT2D eigenvalue weighted by Crippen LogP contribution is -2.09. The second kappa shape index (κ2) is 8.26. The van der Waals surface area contributed by atoms with Crippen molar-refractivity contribution in [2.24, 2.45) is 0 Å². The zero-order valence-corrected chi connectivity index (χ0v) is 19.5. The predicted octanol–water partition coefficient (Wildman–Crippen LogP) is 5.21. The van der Waals surface area contributed by atoms with Crippen molar-refractivity contribution in [1.82, 2.24) is 29.5 Å². The summed E-state index contributed by atoms with van der Waals surface area (Å²) in [5.41, 5.74) is 4.94. The maximum Gasteiger partial charge on any atom is 0.166 e. The number of hydrogen-bond acceptors (Lipinski definition) is 5. The molecule has 7 nitrogen and oxygen atoms in total. The molecule has 0 spiro atoms. The Labute approximate surface area is 193 Å². The number of nitrogens with one attached hydrogen (secondary N) is 2. The molecule has 8 heteroatoms. The number of nitrogens with zero attached hydrogens (tertiary/aromatic N) is 5. The average Bonchev–Trinajstić information content (AvgIpc) is 3.38. The second-order valence-electron chi connectivity index (χ2n) is 7.74. The third-order valence-corrected chi connectivity index (χ3v) is 5.98. The molecule has 1 aromatic carbocycles. The van der Waals surface area contributed by atoms with Crippen LogP contribution in [0.1, 0.15) is 25.5 Å². The van der Waals surface area contributed by atoms with Crippen LogP contribution in [0, 0.1) is 3.57 Å². The fraction of sp³-hybridized carbons (Fsp3) is 0.217. The molecule has 0 bridgehead atoms. The van der Waals surface area contributed by atoms with Crippen LogP contribution >= 0.6 is 22.6 Å². The summed E-state index contributed by atoms with van der Waals surface area (Å²) in [5, 5.41) is 4.77. The van der Waals surface area contributed by atoms with E-state index in [1.807, 2.05) is 18.5 Å². The Morgan fingerprint density at radius 2 is 2.10 bits per heavy atom. The van der Waals surface area contributed by atoms with E-state index in [0.717, 1.165) is 41.0 Å². The number of halogens is 1. The summed E-state index contributed by atoms with van der Waals surface area (Å²) in [7, 11) is 0. The third kappa shape index (κ3) is 3.87. The number of imidazole rings is 1. The molecule has 5 rings (SSSR count). The molecule has 156 valence electrons. The van der Waals surface area contributed by atoms with Crippen LogP contribution in [0.5, 0.6) is 0 Å². The van der Waals surface area contributed by atoms with E-state index in [1.165, 1.54) is 14.5 Å². The van der Waals surface area contributed by atoms with Gasteiger partial charge in [0.05, 0.1) is 6.33 Å². The molecule has 0 fully saturated rings.